The maximum Gasteiger partial charge on any atom is 0.123 e. The Labute approximate surface area is 93.3 Å². The molecule has 1 saturated heterocycles. The maximum absolute atomic E-state index is 4.51. The number of fused-ring (bicyclic) bond motifs is 1. The van der Waals surface area contributed by atoms with Crippen LogP contribution >= 0.6 is 11.3 Å². The van der Waals surface area contributed by atoms with Gasteiger partial charge in [0.05, 0.1) is 0 Å². The van der Waals surface area contributed by atoms with Crippen molar-refractivity contribution in [1.29, 1.82) is 0 Å². The predicted molar refractivity (Wildman–Crippen MR) is 64.5 cm³/mol. The summed E-state index contributed by atoms with van der Waals surface area (Å²) in [5, 5.41) is 6.86. The van der Waals surface area contributed by atoms with Gasteiger partial charge in [-0.3, -0.25) is 0 Å². The van der Waals surface area contributed by atoms with E-state index in [2.05, 4.69) is 34.0 Å². The fourth-order valence-corrected chi connectivity index (χ4v) is 2.96. The van der Waals surface area contributed by atoms with E-state index in [9.17, 15) is 0 Å². The van der Waals surface area contributed by atoms with Crippen LogP contribution < -0.4 is 5.32 Å². The molecule has 1 aliphatic rings. The molecule has 15 heavy (non-hydrogen) atoms. The Kier molecular flexibility index (Phi) is 2.43. The van der Waals surface area contributed by atoms with Gasteiger partial charge in [0.15, 0.2) is 0 Å². The number of nitrogens with zero attached hydrogens (tertiary/aromatic N) is 1. The SMILES string of the molecule is c1cc2cc(C3CCCNC3)cnc2s1. The van der Waals surface area contributed by atoms with Gasteiger partial charge in [0.25, 0.3) is 0 Å². The monoisotopic (exact) mass is 218 g/mol. The highest BCUT2D eigenvalue weighted by Gasteiger charge is 2.15. The molecule has 3 rings (SSSR count). The van der Waals surface area contributed by atoms with E-state index in [0.717, 1.165) is 11.4 Å². The fraction of sp³-hybridized carbons (Fsp3) is 0.417. The van der Waals surface area contributed by atoms with Crippen molar-refractivity contribution in [2.24, 2.45) is 0 Å². The van der Waals surface area contributed by atoms with Crippen LogP contribution in [0.25, 0.3) is 10.2 Å². The van der Waals surface area contributed by atoms with Crippen LogP contribution in [-0.2, 0) is 0 Å². The number of hydrogen-bond acceptors (Lipinski definition) is 3. The minimum Gasteiger partial charge on any atom is -0.316 e. The van der Waals surface area contributed by atoms with Crippen LogP contribution in [0.3, 0.4) is 0 Å². The third kappa shape index (κ3) is 1.77. The van der Waals surface area contributed by atoms with Gasteiger partial charge in [0, 0.05) is 18.1 Å². The van der Waals surface area contributed by atoms with Crippen molar-refractivity contribution in [1.82, 2.24) is 10.3 Å². The van der Waals surface area contributed by atoms with Gasteiger partial charge in [-0.15, -0.1) is 11.3 Å². The molecule has 3 heterocycles. The Morgan fingerprint density at radius 2 is 2.47 bits per heavy atom. The Balaban J connectivity index is 1.95. The predicted octanol–water partition coefficient (Wildman–Crippen LogP) is 2.76. The number of thiophene rings is 1. The topological polar surface area (TPSA) is 24.9 Å². The zero-order valence-corrected chi connectivity index (χ0v) is 9.39. The first kappa shape index (κ1) is 9.31. The average molecular weight is 218 g/mol. The molecule has 2 nitrogen and oxygen atoms in total. The summed E-state index contributed by atoms with van der Waals surface area (Å²) in [7, 11) is 0. The largest absolute Gasteiger partial charge is 0.316 e. The van der Waals surface area contributed by atoms with Crippen LogP contribution in [-0.4, -0.2) is 18.1 Å². The van der Waals surface area contributed by atoms with Crippen molar-refractivity contribution in [2.45, 2.75) is 18.8 Å². The van der Waals surface area contributed by atoms with Crippen LogP contribution in [0.1, 0.15) is 24.3 Å². The smallest absolute Gasteiger partial charge is 0.123 e. The van der Waals surface area contributed by atoms with Gasteiger partial charge in [0.2, 0.25) is 0 Å². The first-order valence-electron chi connectivity index (χ1n) is 5.47. The van der Waals surface area contributed by atoms with Gasteiger partial charge >= 0.3 is 0 Å². The third-order valence-electron chi connectivity index (χ3n) is 3.10. The fourth-order valence-electron chi connectivity index (χ4n) is 2.24. The highest BCUT2D eigenvalue weighted by atomic mass is 32.1. The van der Waals surface area contributed by atoms with E-state index in [1.54, 1.807) is 11.3 Å². The number of hydrogen-bond donors (Lipinski definition) is 1. The van der Waals surface area contributed by atoms with Gasteiger partial charge in [0.1, 0.15) is 4.83 Å². The summed E-state index contributed by atoms with van der Waals surface area (Å²) < 4.78 is 0. The second-order valence-corrected chi connectivity index (χ2v) is 5.02. The van der Waals surface area contributed by atoms with Crippen molar-refractivity contribution in [3.05, 3.63) is 29.3 Å². The van der Waals surface area contributed by atoms with E-state index in [-0.39, 0.29) is 0 Å². The Morgan fingerprint density at radius 1 is 1.47 bits per heavy atom. The number of pyridine rings is 1. The minimum absolute atomic E-state index is 0.663. The molecule has 0 aromatic carbocycles. The van der Waals surface area contributed by atoms with Gasteiger partial charge in [-0.05, 0) is 48.4 Å². The highest BCUT2D eigenvalue weighted by Crippen LogP contribution is 2.26. The van der Waals surface area contributed by atoms with Crippen molar-refractivity contribution in [2.75, 3.05) is 13.1 Å². The second kappa shape index (κ2) is 3.91. The van der Waals surface area contributed by atoms with E-state index < -0.39 is 0 Å². The number of rotatable bonds is 1. The van der Waals surface area contributed by atoms with E-state index in [1.165, 1.54) is 30.3 Å². The zero-order chi connectivity index (χ0) is 10.1. The standard InChI is InChI=1S/C12H14N2S/c1-2-10(7-13-4-1)11-6-9-3-5-15-12(9)14-8-11/h3,5-6,8,10,13H,1-2,4,7H2. The molecule has 1 aliphatic heterocycles. The molecule has 0 spiro atoms. The molecule has 1 N–H and O–H groups in total. The summed E-state index contributed by atoms with van der Waals surface area (Å²) in [6.45, 7) is 2.28. The summed E-state index contributed by atoms with van der Waals surface area (Å²) in [5.41, 5.74) is 1.40. The van der Waals surface area contributed by atoms with Crippen molar-refractivity contribution < 1.29 is 0 Å². The van der Waals surface area contributed by atoms with Crippen LogP contribution in [0.2, 0.25) is 0 Å². The molecule has 78 valence electrons. The first-order valence-corrected chi connectivity index (χ1v) is 6.35. The van der Waals surface area contributed by atoms with E-state index in [0.29, 0.717) is 5.92 Å². The van der Waals surface area contributed by atoms with Crippen LogP contribution in [0.15, 0.2) is 23.7 Å². The molecule has 1 atom stereocenters. The highest BCUT2D eigenvalue weighted by molar-refractivity contribution is 7.16. The van der Waals surface area contributed by atoms with Crippen LogP contribution in [0.4, 0.5) is 0 Å². The summed E-state index contributed by atoms with van der Waals surface area (Å²) in [4.78, 5) is 5.66. The Bertz CT molecular complexity index is 457. The molecule has 3 heteroatoms. The lowest BCUT2D eigenvalue weighted by Gasteiger charge is -2.22. The summed E-state index contributed by atoms with van der Waals surface area (Å²) in [5.74, 6) is 0.663. The number of piperidine rings is 1. The molecule has 0 aliphatic carbocycles. The second-order valence-electron chi connectivity index (χ2n) is 4.13. The molecule has 2 aromatic heterocycles. The van der Waals surface area contributed by atoms with Crippen LogP contribution in [0.5, 0.6) is 0 Å². The van der Waals surface area contributed by atoms with Crippen molar-refractivity contribution in [3.8, 4) is 0 Å². The normalized spacial score (nSPS) is 22.0. The van der Waals surface area contributed by atoms with Crippen molar-refractivity contribution >= 4 is 21.6 Å². The Morgan fingerprint density at radius 3 is 3.33 bits per heavy atom. The first-order chi connectivity index (χ1) is 7.43. The maximum atomic E-state index is 4.51. The molecular weight excluding hydrogens is 204 g/mol. The van der Waals surface area contributed by atoms with E-state index in [4.69, 9.17) is 0 Å². The lowest BCUT2D eigenvalue weighted by Crippen LogP contribution is -2.28. The van der Waals surface area contributed by atoms with Gasteiger partial charge < -0.3 is 5.32 Å². The number of aromatic nitrogens is 1. The molecule has 0 amide bonds. The Hall–Kier alpha value is -0.930. The minimum atomic E-state index is 0.663. The van der Waals surface area contributed by atoms with Gasteiger partial charge in [-0.25, -0.2) is 4.98 Å². The molecule has 2 aromatic rings. The van der Waals surface area contributed by atoms with Gasteiger partial charge in [-0.1, -0.05) is 0 Å². The lowest BCUT2D eigenvalue weighted by atomic mass is 9.92. The molecule has 1 unspecified atom stereocenters. The molecule has 0 saturated carbocycles. The molecule has 1 fully saturated rings. The van der Waals surface area contributed by atoms with Crippen LogP contribution in [0, 0.1) is 0 Å². The van der Waals surface area contributed by atoms with E-state index in [1.807, 2.05) is 0 Å². The number of nitrogens with one attached hydrogen (secondary N) is 1. The summed E-state index contributed by atoms with van der Waals surface area (Å²) >= 11 is 1.72. The van der Waals surface area contributed by atoms with Gasteiger partial charge in [-0.2, -0.15) is 0 Å². The molecule has 0 bridgehead atoms. The summed E-state index contributed by atoms with van der Waals surface area (Å²) in [6.07, 6.45) is 4.63. The third-order valence-corrected chi connectivity index (χ3v) is 3.93. The average Bonchev–Trinajstić information content (AvgIpc) is 2.77. The quantitative estimate of drug-likeness (QED) is 0.796. The lowest BCUT2D eigenvalue weighted by molar-refractivity contribution is 0.461. The van der Waals surface area contributed by atoms with Crippen molar-refractivity contribution in [3.63, 3.8) is 0 Å². The molecular formula is C12H14N2S. The summed E-state index contributed by atoms with van der Waals surface area (Å²) in [6, 6.07) is 4.46. The molecule has 0 radical (unpaired) electrons. The van der Waals surface area contributed by atoms with E-state index >= 15 is 0 Å². The zero-order valence-electron chi connectivity index (χ0n) is 8.57.